The molecular weight excluding hydrogens is 230 g/mol. The van der Waals surface area contributed by atoms with E-state index in [9.17, 15) is 0 Å². The molecule has 0 aliphatic heterocycles. The van der Waals surface area contributed by atoms with Gasteiger partial charge in [0.25, 0.3) is 0 Å². The van der Waals surface area contributed by atoms with Gasteiger partial charge in [-0.25, -0.2) is 0 Å². The normalized spacial score (nSPS) is 25.4. The molecule has 17 heavy (non-hydrogen) atoms. The number of aliphatic imine (C=N–C) groups is 1. The zero-order valence-electron chi connectivity index (χ0n) is 10.9. The molecule has 2 fully saturated rings. The molecular formula is C13H25N3S. The van der Waals surface area contributed by atoms with Crippen LogP contribution in [-0.4, -0.2) is 29.5 Å². The predicted octanol–water partition coefficient (Wildman–Crippen LogP) is 2.51. The highest BCUT2D eigenvalue weighted by Gasteiger charge is 2.35. The molecule has 98 valence electrons. The second kappa shape index (κ2) is 5.98. The van der Waals surface area contributed by atoms with E-state index in [-0.39, 0.29) is 0 Å². The van der Waals surface area contributed by atoms with Gasteiger partial charge in [-0.3, -0.25) is 4.99 Å². The fraction of sp³-hybridized carbons (Fsp3) is 0.923. The van der Waals surface area contributed by atoms with Gasteiger partial charge in [0.15, 0.2) is 5.96 Å². The summed E-state index contributed by atoms with van der Waals surface area (Å²) >= 11 is 1.96. The highest BCUT2D eigenvalue weighted by Crippen LogP contribution is 2.42. The van der Waals surface area contributed by atoms with E-state index in [1.165, 1.54) is 51.4 Å². The van der Waals surface area contributed by atoms with E-state index in [0.29, 0.717) is 16.7 Å². The maximum Gasteiger partial charge on any atom is 0.188 e. The Kier molecular flexibility index (Phi) is 4.60. The van der Waals surface area contributed by atoms with Crippen molar-refractivity contribution in [2.45, 2.75) is 62.2 Å². The first-order valence-electron chi connectivity index (χ1n) is 6.86. The molecule has 0 aromatic heterocycles. The summed E-state index contributed by atoms with van der Waals surface area (Å²) < 4.78 is 0.402. The minimum atomic E-state index is 0.402. The van der Waals surface area contributed by atoms with E-state index in [2.05, 4.69) is 16.6 Å². The van der Waals surface area contributed by atoms with E-state index in [1.54, 1.807) is 0 Å². The van der Waals surface area contributed by atoms with Crippen molar-refractivity contribution in [3.05, 3.63) is 0 Å². The summed E-state index contributed by atoms with van der Waals surface area (Å²) in [6.45, 7) is 0.889. The van der Waals surface area contributed by atoms with Crippen molar-refractivity contribution >= 4 is 17.7 Å². The largest absolute Gasteiger partial charge is 0.370 e. The first-order valence-corrected chi connectivity index (χ1v) is 8.08. The van der Waals surface area contributed by atoms with Crippen molar-refractivity contribution in [2.24, 2.45) is 10.7 Å². The van der Waals surface area contributed by atoms with Gasteiger partial charge in [0.1, 0.15) is 0 Å². The third-order valence-corrected chi connectivity index (χ3v) is 5.60. The van der Waals surface area contributed by atoms with Crippen LogP contribution in [0.3, 0.4) is 0 Å². The summed E-state index contributed by atoms with van der Waals surface area (Å²) in [6.07, 6.45) is 12.7. The number of thioether (sulfide) groups is 1. The number of rotatable bonds is 4. The first-order chi connectivity index (χ1) is 8.24. The fourth-order valence-electron chi connectivity index (χ4n) is 2.73. The molecule has 2 saturated carbocycles. The van der Waals surface area contributed by atoms with Crippen molar-refractivity contribution in [2.75, 3.05) is 12.8 Å². The smallest absolute Gasteiger partial charge is 0.188 e. The Morgan fingerprint density at radius 3 is 2.53 bits per heavy atom. The lowest BCUT2D eigenvalue weighted by atomic mass is 9.84. The van der Waals surface area contributed by atoms with Gasteiger partial charge in [-0.05, 0) is 31.9 Å². The molecule has 0 unspecified atom stereocenters. The SMILES string of the molecule is CSC1(CN=C(N)NC2CCCCC2)CCC1. The van der Waals surface area contributed by atoms with E-state index in [4.69, 9.17) is 5.73 Å². The van der Waals surface area contributed by atoms with Crippen molar-refractivity contribution in [3.63, 3.8) is 0 Å². The fourth-order valence-corrected chi connectivity index (χ4v) is 3.62. The molecule has 2 aliphatic rings. The monoisotopic (exact) mass is 255 g/mol. The van der Waals surface area contributed by atoms with Crippen molar-refractivity contribution in [3.8, 4) is 0 Å². The van der Waals surface area contributed by atoms with Crippen molar-refractivity contribution in [1.82, 2.24) is 5.32 Å². The maximum atomic E-state index is 5.97. The second-order valence-electron chi connectivity index (χ2n) is 5.42. The maximum absolute atomic E-state index is 5.97. The van der Waals surface area contributed by atoms with Crippen molar-refractivity contribution in [1.29, 1.82) is 0 Å². The molecule has 0 saturated heterocycles. The third-order valence-electron chi connectivity index (χ3n) is 4.19. The summed E-state index contributed by atoms with van der Waals surface area (Å²) in [4.78, 5) is 4.55. The van der Waals surface area contributed by atoms with Crippen LogP contribution in [0.1, 0.15) is 51.4 Å². The molecule has 2 rings (SSSR count). The summed E-state index contributed by atoms with van der Waals surface area (Å²) in [5.74, 6) is 0.664. The van der Waals surface area contributed by atoms with Crippen LogP contribution in [0.4, 0.5) is 0 Å². The Morgan fingerprint density at radius 2 is 2.00 bits per heavy atom. The summed E-state index contributed by atoms with van der Waals surface area (Å²) in [7, 11) is 0. The van der Waals surface area contributed by atoms with Crippen LogP contribution in [0.15, 0.2) is 4.99 Å². The predicted molar refractivity (Wildman–Crippen MR) is 76.6 cm³/mol. The molecule has 0 heterocycles. The van der Waals surface area contributed by atoms with Gasteiger partial charge >= 0.3 is 0 Å². The van der Waals surface area contributed by atoms with E-state index >= 15 is 0 Å². The van der Waals surface area contributed by atoms with Gasteiger partial charge in [-0.2, -0.15) is 11.8 Å². The van der Waals surface area contributed by atoms with Crippen LogP contribution >= 0.6 is 11.8 Å². The van der Waals surface area contributed by atoms with Gasteiger partial charge in [0.05, 0.1) is 6.54 Å². The molecule has 0 bridgehead atoms. The number of hydrogen-bond donors (Lipinski definition) is 2. The highest BCUT2D eigenvalue weighted by atomic mass is 32.2. The van der Waals surface area contributed by atoms with Gasteiger partial charge in [0, 0.05) is 10.8 Å². The number of nitrogens with zero attached hydrogens (tertiary/aromatic N) is 1. The summed E-state index contributed by atoms with van der Waals surface area (Å²) in [6, 6.07) is 0.569. The van der Waals surface area contributed by atoms with Crippen LogP contribution in [0, 0.1) is 0 Å². The Labute approximate surface area is 109 Å². The van der Waals surface area contributed by atoms with E-state index in [1.807, 2.05) is 11.8 Å². The topological polar surface area (TPSA) is 50.4 Å². The molecule has 0 aromatic carbocycles. The molecule has 3 nitrogen and oxygen atoms in total. The molecule has 3 N–H and O–H groups in total. The second-order valence-corrected chi connectivity index (χ2v) is 6.70. The minimum absolute atomic E-state index is 0.402. The molecule has 4 heteroatoms. The lowest BCUT2D eigenvalue weighted by Crippen LogP contribution is -2.43. The van der Waals surface area contributed by atoms with Crippen LogP contribution in [0.5, 0.6) is 0 Å². The zero-order chi connectivity index (χ0) is 12.1. The molecule has 0 aromatic rings. The van der Waals surface area contributed by atoms with Crippen LogP contribution < -0.4 is 11.1 Å². The minimum Gasteiger partial charge on any atom is -0.370 e. The van der Waals surface area contributed by atoms with Crippen LogP contribution in [-0.2, 0) is 0 Å². The van der Waals surface area contributed by atoms with E-state index in [0.717, 1.165) is 6.54 Å². The zero-order valence-corrected chi connectivity index (χ0v) is 11.7. The number of hydrogen-bond acceptors (Lipinski definition) is 2. The van der Waals surface area contributed by atoms with Crippen LogP contribution in [0.2, 0.25) is 0 Å². The Balaban J connectivity index is 1.76. The van der Waals surface area contributed by atoms with Gasteiger partial charge < -0.3 is 11.1 Å². The van der Waals surface area contributed by atoms with Crippen LogP contribution in [0.25, 0.3) is 0 Å². The molecule has 0 amide bonds. The average molecular weight is 255 g/mol. The standard InChI is InChI=1S/C13H25N3S/c1-17-13(8-5-9-13)10-15-12(14)16-11-6-3-2-4-7-11/h11H,2-10H2,1H3,(H3,14,15,16). The number of nitrogens with two attached hydrogens (primary N) is 1. The lowest BCUT2D eigenvalue weighted by molar-refractivity contribution is 0.371. The Bertz CT molecular complexity index is 262. The Hall–Kier alpha value is -0.380. The van der Waals surface area contributed by atoms with Gasteiger partial charge in [0.2, 0.25) is 0 Å². The highest BCUT2D eigenvalue weighted by molar-refractivity contribution is 8.00. The molecule has 0 atom stereocenters. The lowest BCUT2D eigenvalue weighted by Gasteiger charge is -2.39. The third kappa shape index (κ3) is 3.54. The Morgan fingerprint density at radius 1 is 1.29 bits per heavy atom. The number of guanidine groups is 1. The first kappa shape index (κ1) is 13.1. The average Bonchev–Trinajstić information content (AvgIpc) is 2.29. The molecule has 0 radical (unpaired) electrons. The number of nitrogens with one attached hydrogen (secondary N) is 1. The van der Waals surface area contributed by atoms with E-state index < -0.39 is 0 Å². The summed E-state index contributed by atoms with van der Waals surface area (Å²) in [5, 5.41) is 3.38. The molecule has 0 spiro atoms. The van der Waals surface area contributed by atoms with Gasteiger partial charge in [-0.1, -0.05) is 25.7 Å². The van der Waals surface area contributed by atoms with Crippen molar-refractivity contribution < 1.29 is 0 Å². The molecule has 2 aliphatic carbocycles. The quantitative estimate of drug-likeness (QED) is 0.599. The van der Waals surface area contributed by atoms with Gasteiger partial charge in [-0.15, -0.1) is 0 Å². The summed E-state index contributed by atoms with van der Waals surface area (Å²) in [5.41, 5.74) is 5.97.